The first-order valence-electron chi connectivity index (χ1n) is 7.20. The van der Waals surface area contributed by atoms with Crippen LogP contribution in [0.3, 0.4) is 0 Å². The van der Waals surface area contributed by atoms with Crippen LogP contribution in [0.2, 0.25) is 0 Å². The van der Waals surface area contributed by atoms with Gasteiger partial charge in [-0.05, 0) is 42.0 Å². The third kappa shape index (κ3) is 4.34. The Balaban J connectivity index is 2.12. The topological polar surface area (TPSA) is 99.4 Å². The van der Waals surface area contributed by atoms with E-state index in [2.05, 4.69) is 5.32 Å². The number of hydrogen-bond acceptors (Lipinski definition) is 5. The molecule has 6 heteroatoms. The van der Waals surface area contributed by atoms with Crippen molar-refractivity contribution in [2.75, 3.05) is 7.11 Å². The second kappa shape index (κ2) is 7.79. The smallest absolute Gasteiger partial charge is 0.328 e. The molecule has 0 unspecified atom stereocenters. The molecule has 0 heterocycles. The van der Waals surface area contributed by atoms with Crippen LogP contribution in [0.15, 0.2) is 48.5 Å². The Labute approximate surface area is 139 Å². The summed E-state index contributed by atoms with van der Waals surface area (Å²) in [7, 11) is 1.25. The van der Waals surface area contributed by atoms with Crippen LogP contribution in [0.5, 0.6) is 5.75 Å². The van der Waals surface area contributed by atoms with E-state index in [0.29, 0.717) is 11.1 Å². The number of amides is 1. The van der Waals surface area contributed by atoms with E-state index in [1.54, 1.807) is 24.3 Å². The molecule has 0 spiro atoms. The first-order valence-corrected chi connectivity index (χ1v) is 7.20. The first kappa shape index (κ1) is 17.0. The molecule has 0 fully saturated rings. The van der Waals surface area contributed by atoms with Gasteiger partial charge < -0.3 is 15.2 Å². The Morgan fingerprint density at radius 2 is 1.79 bits per heavy atom. The quantitative estimate of drug-likeness (QED) is 0.817. The zero-order valence-corrected chi connectivity index (χ0v) is 13.0. The van der Waals surface area contributed by atoms with Crippen molar-refractivity contribution in [3.63, 3.8) is 0 Å². The van der Waals surface area contributed by atoms with Crippen molar-refractivity contribution in [3.05, 3.63) is 65.2 Å². The van der Waals surface area contributed by atoms with Crippen LogP contribution in [0.4, 0.5) is 0 Å². The molecule has 0 aromatic heterocycles. The average molecular weight is 324 g/mol. The van der Waals surface area contributed by atoms with Crippen LogP contribution in [0.25, 0.3) is 0 Å². The number of phenolic OH excluding ortho intramolecular Hbond substituents is 1. The van der Waals surface area contributed by atoms with Crippen LogP contribution < -0.4 is 5.32 Å². The van der Waals surface area contributed by atoms with E-state index in [-0.39, 0.29) is 12.2 Å². The van der Waals surface area contributed by atoms with E-state index in [1.807, 2.05) is 6.07 Å². The van der Waals surface area contributed by atoms with Gasteiger partial charge in [0.05, 0.1) is 18.7 Å². The fourth-order valence-electron chi connectivity index (χ4n) is 2.14. The second-order valence-corrected chi connectivity index (χ2v) is 5.11. The number of rotatable bonds is 5. The minimum Gasteiger partial charge on any atom is -0.508 e. The van der Waals surface area contributed by atoms with Crippen LogP contribution in [0.1, 0.15) is 21.5 Å². The number of nitrogens with one attached hydrogen (secondary N) is 1. The zero-order chi connectivity index (χ0) is 17.5. The summed E-state index contributed by atoms with van der Waals surface area (Å²) in [5.74, 6) is -0.959. The normalized spacial score (nSPS) is 11.2. The summed E-state index contributed by atoms with van der Waals surface area (Å²) in [5.41, 5.74) is 1.62. The maximum absolute atomic E-state index is 12.2. The Hall–Kier alpha value is -3.33. The van der Waals surface area contributed by atoms with Crippen molar-refractivity contribution < 1.29 is 19.4 Å². The first-order chi connectivity index (χ1) is 11.5. The number of nitriles is 1. The molecule has 0 radical (unpaired) electrons. The molecule has 1 amide bonds. The maximum Gasteiger partial charge on any atom is 0.328 e. The van der Waals surface area contributed by atoms with Gasteiger partial charge in [0.25, 0.3) is 5.91 Å². The van der Waals surface area contributed by atoms with Gasteiger partial charge in [-0.2, -0.15) is 5.26 Å². The van der Waals surface area contributed by atoms with Crippen molar-refractivity contribution in [2.24, 2.45) is 0 Å². The van der Waals surface area contributed by atoms with Crippen LogP contribution in [-0.4, -0.2) is 30.1 Å². The third-order valence-corrected chi connectivity index (χ3v) is 3.44. The Bertz CT molecular complexity index is 761. The fraction of sp³-hybridized carbons (Fsp3) is 0.167. The number of ether oxygens (including phenoxy) is 1. The summed E-state index contributed by atoms with van der Waals surface area (Å²) in [4.78, 5) is 24.2. The van der Waals surface area contributed by atoms with Gasteiger partial charge in [-0.25, -0.2) is 4.79 Å². The largest absolute Gasteiger partial charge is 0.508 e. The van der Waals surface area contributed by atoms with Crippen molar-refractivity contribution in [3.8, 4) is 11.8 Å². The van der Waals surface area contributed by atoms with Crippen LogP contribution >= 0.6 is 0 Å². The summed E-state index contributed by atoms with van der Waals surface area (Å²) >= 11 is 0. The summed E-state index contributed by atoms with van der Waals surface area (Å²) in [6.07, 6.45) is 0.238. The maximum atomic E-state index is 12.2. The van der Waals surface area contributed by atoms with Crippen LogP contribution in [-0.2, 0) is 16.0 Å². The van der Waals surface area contributed by atoms with Gasteiger partial charge in [0.2, 0.25) is 0 Å². The molecule has 0 saturated heterocycles. The number of esters is 1. The molecular formula is C18H16N2O4. The molecule has 1 atom stereocenters. The van der Waals surface area contributed by atoms with Crippen molar-refractivity contribution >= 4 is 11.9 Å². The predicted octanol–water partition coefficient (Wildman–Crippen LogP) is 1.78. The van der Waals surface area contributed by atoms with Crippen molar-refractivity contribution in [2.45, 2.75) is 12.5 Å². The summed E-state index contributed by atoms with van der Waals surface area (Å²) in [6.45, 7) is 0. The zero-order valence-electron chi connectivity index (χ0n) is 13.0. The highest BCUT2D eigenvalue weighted by Crippen LogP contribution is 2.11. The minimum absolute atomic E-state index is 0.0497. The van der Waals surface area contributed by atoms with E-state index in [9.17, 15) is 14.7 Å². The number of phenols is 1. The van der Waals surface area contributed by atoms with Gasteiger partial charge in [0.1, 0.15) is 11.8 Å². The number of hydrogen-bond donors (Lipinski definition) is 2. The number of nitrogens with zero attached hydrogens (tertiary/aromatic N) is 1. The number of carbonyl (C=O) groups excluding carboxylic acids is 2. The number of methoxy groups -OCH3 is 1. The summed E-state index contributed by atoms with van der Waals surface area (Å²) in [5, 5.41) is 20.7. The standard InChI is InChI=1S/C18H16N2O4/c1-24-18(23)16(10-12-2-4-13(11-19)5-3-12)20-17(22)14-6-8-15(21)9-7-14/h2-9,16,21H,10H2,1H3,(H,20,22)/t16-/m1/s1. The molecule has 2 aromatic rings. The predicted molar refractivity (Wildman–Crippen MR) is 86.2 cm³/mol. The van der Waals surface area contributed by atoms with E-state index in [4.69, 9.17) is 10.00 Å². The molecule has 2 aromatic carbocycles. The summed E-state index contributed by atoms with van der Waals surface area (Å²) < 4.78 is 4.74. The molecule has 2 rings (SSSR count). The van der Waals surface area contributed by atoms with Gasteiger partial charge in [-0.1, -0.05) is 12.1 Å². The third-order valence-electron chi connectivity index (χ3n) is 3.44. The lowest BCUT2D eigenvalue weighted by Crippen LogP contribution is -2.43. The van der Waals surface area contributed by atoms with Crippen molar-refractivity contribution in [1.82, 2.24) is 5.32 Å². The lowest BCUT2D eigenvalue weighted by atomic mass is 10.0. The lowest BCUT2D eigenvalue weighted by Gasteiger charge is -2.16. The Morgan fingerprint density at radius 3 is 2.33 bits per heavy atom. The van der Waals surface area contributed by atoms with E-state index < -0.39 is 17.9 Å². The highest BCUT2D eigenvalue weighted by molar-refractivity contribution is 5.96. The monoisotopic (exact) mass is 324 g/mol. The fourth-order valence-corrected chi connectivity index (χ4v) is 2.14. The molecule has 24 heavy (non-hydrogen) atoms. The molecule has 122 valence electrons. The molecule has 0 aliphatic carbocycles. The van der Waals surface area contributed by atoms with Gasteiger partial charge >= 0.3 is 5.97 Å². The highest BCUT2D eigenvalue weighted by atomic mass is 16.5. The van der Waals surface area contributed by atoms with E-state index in [1.165, 1.54) is 31.4 Å². The second-order valence-electron chi connectivity index (χ2n) is 5.11. The van der Waals surface area contributed by atoms with Crippen LogP contribution in [0, 0.1) is 11.3 Å². The molecule has 0 aliphatic heterocycles. The van der Waals surface area contributed by atoms with Gasteiger partial charge in [-0.15, -0.1) is 0 Å². The van der Waals surface area contributed by atoms with Crippen molar-refractivity contribution in [1.29, 1.82) is 5.26 Å². The average Bonchev–Trinajstić information content (AvgIpc) is 2.61. The molecule has 6 nitrogen and oxygen atoms in total. The molecular weight excluding hydrogens is 308 g/mol. The van der Waals surface area contributed by atoms with Gasteiger partial charge in [0, 0.05) is 12.0 Å². The minimum atomic E-state index is -0.857. The number of aromatic hydroxyl groups is 1. The molecule has 0 bridgehead atoms. The number of benzene rings is 2. The Kier molecular flexibility index (Phi) is 5.53. The Morgan fingerprint density at radius 1 is 1.17 bits per heavy atom. The highest BCUT2D eigenvalue weighted by Gasteiger charge is 2.22. The van der Waals surface area contributed by atoms with Gasteiger partial charge in [-0.3, -0.25) is 4.79 Å². The lowest BCUT2D eigenvalue weighted by molar-refractivity contribution is -0.142. The molecule has 0 saturated carbocycles. The molecule has 2 N–H and O–H groups in total. The number of carbonyl (C=O) groups is 2. The summed E-state index contributed by atoms with van der Waals surface area (Å²) in [6, 6.07) is 13.6. The van der Waals surface area contributed by atoms with E-state index in [0.717, 1.165) is 5.56 Å². The SMILES string of the molecule is COC(=O)[C@@H](Cc1ccc(C#N)cc1)NC(=O)c1ccc(O)cc1. The van der Waals surface area contributed by atoms with E-state index >= 15 is 0 Å². The molecule has 0 aliphatic rings. The van der Waals surface area contributed by atoms with Gasteiger partial charge in [0.15, 0.2) is 0 Å².